The molecule has 0 saturated carbocycles. The molecule has 0 unspecified atom stereocenters. The highest BCUT2D eigenvalue weighted by molar-refractivity contribution is 6.88. The van der Waals surface area contributed by atoms with E-state index in [1.165, 1.54) is 81.2 Å². The number of likely N-dealkylation sites (tertiary alicyclic amines) is 1. The van der Waals surface area contributed by atoms with Crippen molar-refractivity contribution in [2.24, 2.45) is 0 Å². The van der Waals surface area contributed by atoms with Gasteiger partial charge in [0.25, 0.3) is 0 Å². The fraction of sp³-hybridized carbons (Fsp3) is 0.636. The third-order valence-corrected chi connectivity index (χ3v) is 7.80. The molecule has 1 aliphatic rings. The van der Waals surface area contributed by atoms with E-state index >= 15 is 0 Å². The smallest absolute Gasteiger partial charge is 0.0988 e. The number of piperidine rings is 1. The zero-order valence-corrected chi connectivity index (χ0v) is 17.8. The number of hydrogen-bond acceptors (Lipinski definition) is 1. The average molecular weight is 357 g/mol. The molecular formula is C22H36N2Si. The molecule has 1 fully saturated rings. The Labute approximate surface area is 155 Å². The van der Waals surface area contributed by atoms with Crippen molar-refractivity contribution in [2.75, 3.05) is 19.6 Å². The Morgan fingerprint density at radius 3 is 2.28 bits per heavy atom. The highest BCUT2D eigenvalue weighted by Crippen LogP contribution is 2.23. The predicted molar refractivity (Wildman–Crippen MR) is 114 cm³/mol. The summed E-state index contributed by atoms with van der Waals surface area (Å²) in [7, 11) is -1.35. The number of hydrogen-bond donors (Lipinski definition) is 0. The largest absolute Gasteiger partial charge is 0.348 e. The molecule has 2 heterocycles. The molecule has 138 valence electrons. The zero-order valence-electron chi connectivity index (χ0n) is 16.8. The van der Waals surface area contributed by atoms with E-state index in [4.69, 9.17) is 0 Å². The van der Waals surface area contributed by atoms with Crippen LogP contribution in [-0.2, 0) is 6.54 Å². The van der Waals surface area contributed by atoms with E-state index in [9.17, 15) is 0 Å². The summed E-state index contributed by atoms with van der Waals surface area (Å²) in [5, 5.41) is 3.12. The van der Waals surface area contributed by atoms with Gasteiger partial charge in [-0.2, -0.15) is 0 Å². The van der Waals surface area contributed by atoms with Crippen LogP contribution >= 0.6 is 0 Å². The van der Waals surface area contributed by atoms with Crippen LogP contribution in [0.4, 0.5) is 0 Å². The lowest BCUT2D eigenvalue weighted by Gasteiger charge is -2.26. The summed E-state index contributed by atoms with van der Waals surface area (Å²) in [5.74, 6) is 0. The monoisotopic (exact) mass is 356 g/mol. The van der Waals surface area contributed by atoms with Gasteiger partial charge >= 0.3 is 0 Å². The molecule has 1 aromatic carbocycles. The van der Waals surface area contributed by atoms with Gasteiger partial charge in [-0.25, -0.2) is 0 Å². The Bertz CT molecular complexity index is 690. The first-order chi connectivity index (χ1) is 12.0. The van der Waals surface area contributed by atoms with Crippen LogP contribution in [0.3, 0.4) is 0 Å². The van der Waals surface area contributed by atoms with Crippen LogP contribution in [0.1, 0.15) is 44.1 Å². The number of fused-ring (bicyclic) bond motifs is 1. The van der Waals surface area contributed by atoms with E-state index < -0.39 is 8.07 Å². The number of nitrogens with zero attached hydrogens (tertiary/aromatic N) is 2. The van der Waals surface area contributed by atoms with Crippen molar-refractivity contribution in [3.8, 4) is 0 Å². The van der Waals surface area contributed by atoms with Crippen molar-refractivity contribution in [2.45, 2.75) is 71.6 Å². The molecule has 0 amide bonds. The minimum absolute atomic E-state index is 1.19. The number of benzene rings is 1. The summed E-state index contributed by atoms with van der Waals surface area (Å²) < 4.78 is 2.66. The standard InChI is InChI=1S/C22H36N2Si/c1-19-20-13-7-8-14-21(20)24(22(19)25(2,3)4)18-12-6-11-17-23-15-9-5-10-16-23/h7-8,13-14H,5-6,9-12,15-18H2,1-4H3. The van der Waals surface area contributed by atoms with Crippen molar-refractivity contribution in [3.05, 3.63) is 29.8 Å². The fourth-order valence-corrected chi connectivity index (χ4v) is 6.94. The lowest BCUT2D eigenvalue weighted by atomic mass is 10.1. The van der Waals surface area contributed by atoms with Crippen molar-refractivity contribution >= 4 is 24.3 Å². The highest BCUT2D eigenvalue weighted by Gasteiger charge is 2.25. The van der Waals surface area contributed by atoms with E-state index in [-0.39, 0.29) is 0 Å². The molecule has 3 heteroatoms. The Balaban J connectivity index is 1.64. The molecule has 1 saturated heterocycles. The molecule has 2 aromatic rings. The number of unbranched alkanes of at least 4 members (excludes halogenated alkanes) is 2. The van der Waals surface area contributed by atoms with E-state index in [1.54, 1.807) is 5.32 Å². The molecular weight excluding hydrogens is 320 g/mol. The van der Waals surface area contributed by atoms with Gasteiger partial charge in [0.15, 0.2) is 0 Å². The molecule has 0 spiro atoms. The molecule has 25 heavy (non-hydrogen) atoms. The first kappa shape index (κ1) is 18.7. The maximum atomic E-state index is 2.67. The quantitative estimate of drug-likeness (QED) is 0.492. The summed E-state index contributed by atoms with van der Waals surface area (Å²) in [6.45, 7) is 15.0. The Morgan fingerprint density at radius 2 is 1.56 bits per heavy atom. The van der Waals surface area contributed by atoms with Gasteiger partial charge in [0.2, 0.25) is 0 Å². The van der Waals surface area contributed by atoms with Crippen LogP contribution in [0.25, 0.3) is 10.9 Å². The number of para-hydroxylation sites is 1. The molecule has 1 aliphatic heterocycles. The van der Waals surface area contributed by atoms with Gasteiger partial charge in [0.1, 0.15) is 0 Å². The van der Waals surface area contributed by atoms with Crippen LogP contribution in [0.2, 0.25) is 19.6 Å². The minimum Gasteiger partial charge on any atom is -0.348 e. The van der Waals surface area contributed by atoms with Crippen LogP contribution in [0.15, 0.2) is 24.3 Å². The molecule has 3 rings (SSSR count). The number of aryl methyl sites for hydroxylation is 2. The van der Waals surface area contributed by atoms with Crippen LogP contribution in [0, 0.1) is 6.92 Å². The van der Waals surface area contributed by atoms with Gasteiger partial charge in [-0.15, -0.1) is 0 Å². The Morgan fingerprint density at radius 1 is 0.880 bits per heavy atom. The Hall–Kier alpha value is -1.06. The summed E-state index contributed by atoms with van der Waals surface area (Å²) in [4.78, 5) is 2.67. The average Bonchev–Trinajstić information content (AvgIpc) is 2.88. The number of rotatable bonds is 7. The summed E-state index contributed by atoms with van der Waals surface area (Å²) >= 11 is 0. The molecule has 0 aliphatic carbocycles. The first-order valence-corrected chi connectivity index (χ1v) is 13.8. The highest BCUT2D eigenvalue weighted by atomic mass is 28.3. The molecule has 2 nitrogen and oxygen atoms in total. The van der Waals surface area contributed by atoms with Gasteiger partial charge in [-0.05, 0) is 63.9 Å². The summed E-state index contributed by atoms with van der Waals surface area (Å²) in [5.41, 5.74) is 2.98. The molecule has 0 N–H and O–H groups in total. The molecule has 0 atom stereocenters. The van der Waals surface area contributed by atoms with E-state index in [0.717, 1.165) is 0 Å². The maximum Gasteiger partial charge on any atom is 0.0988 e. The maximum absolute atomic E-state index is 2.67. The fourth-order valence-electron chi connectivity index (χ4n) is 4.64. The van der Waals surface area contributed by atoms with Gasteiger partial charge in [0, 0.05) is 22.8 Å². The van der Waals surface area contributed by atoms with Crippen LogP contribution in [0.5, 0.6) is 0 Å². The van der Waals surface area contributed by atoms with Crippen molar-refractivity contribution < 1.29 is 0 Å². The number of aromatic nitrogens is 1. The Kier molecular flexibility index (Phi) is 6.06. The summed E-state index contributed by atoms with van der Waals surface area (Å²) in [6.07, 6.45) is 8.29. The van der Waals surface area contributed by atoms with Gasteiger partial charge < -0.3 is 9.47 Å². The van der Waals surface area contributed by atoms with Crippen molar-refractivity contribution in [1.82, 2.24) is 9.47 Å². The van der Waals surface area contributed by atoms with Gasteiger partial charge in [-0.3, -0.25) is 0 Å². The second-order valence-corrected chi connectivity index (χ2v) is 13.8. The van der Waals surface area contributed by atoms with Crippen LogP contribution < -0.4 is 5.32 Å². The molecule has 0 bridgehead atoms. The topological polar surface area (TPSA) is 8.17 Å². The van der Waals surface area contributed by atoms with Crippen molar-refractivity contribution in [1.29, 1.82) is 0 Å². The normalized spacial score (nSPS) is 16.6. The molecule has 0 radical (unpaired) electrons. The van der Waals surface area contributed by atoms with Gasteiger partial charge in [-0.1, -0.05) is 50.7 Å². The minimum atomic E-state index is -1.35. The zero-order chi connectivity index (χ0) is 17.9. The lowest BCUT2D eigenvalue weighted by molar-refractivity contribution is 0.224. The third-order valence-electron chi connectivity index (χ3n) is 5.74. The van der Waals surface area contributed by atoms with E-state index in [1.807, 2.05) is 0 Å². The van der Waals surface area contributed by atoms with E-state index in [0.29, 0.717) is 0 Å². The molecule has 1 aromatic heterocycles. The second-order valence-electron chi connectivity index (χ2n) is 8.86. The SMILES string of the molecule is Cc1c([Si](C)(C)C)n(CCCCCN2CCCCC2)c2ccccc12. The van der Waals surface area contributed by atoms with Crippen LogP contribution in [-0.4, -0.2) is 37.2 Å². The summed E-state index contributed by atoms with van der Waals surface area (Å²) in [6, 6.07) is 9.01. The first-order valence-electron chi connectivity index (χ1n) is 10.3. The third kappa shape index (κ3) is 4.38. The van der Waals surface area contributed by atoms with Gasteiger partial charge in [0.05, 0.1) is 8.07 Å². The second kappa shape index (κ2) is 8.09. The predicted octanol–water partition coefficient (Wildman–Crippen LogP) is 5.15. The van der Waals surface area contributed by atoms with E-state index in [2.05, 4.69) is 60.3 Å². The lowest BCUT2D eigenvalue weighted by Crippen LogP contribution is -2.44. The van der Waals surface area contributed by atoms with Crippen molar-refractivity contribution in [3.63, 3.8) is 0 Å².